The molecule has 0 saturated heterocycles. The molecule has 0 saturated carbocycles. The van der Waals surface area contributed by atoms with E-state index in [2.05, 4.69) is 5.32 Å². The van der Waals surface area contributed by atoms with Crippen LogP contribution in [-0.4, -0.2) is 35.7 Å². The number of rotatable bonds is 7. The van der Waals surface area contributed by atoms with Gasteiger partial charge in [-0.15, -0.1) is 0 Å². The fourth-order valence-electron chi connectivity index (χ4n) is 1.41. The van der Waals surface area contributed by atoms with Gasteiger partial charge in [-0.25, -0.2) is 0 Å². The minimum Gasteiger partial charge on any atom is -0.491 e. The Balaban J connectivity index is 2.32. The van der Waals surface area contributed by atoms with Crippen LogP contribution in [0.2, 0.25) is 0 Å². The van der Waals surface area contributed by atoms with Gasteiger partial charge in [-0.3, -0.25) is 9.59 Å². The van der Waals surface area contributed by atoms with Crippen LogP contribution in [0.25, 0.3) is 0 Å². The lowest BCUT2D eigenvalue weighted by Gasteiger charge is -2.17. The van der Waals surface area contributed by atoms with Crippen LogP contribution >= 0.6 is 0 Å². The molecule has 0 aliphatic carbocycles. The minimum absolute atomic E-state index is 0.257. The van der Waals surface area contributed by atoms with E-state index >= 15 is 0 Å². The molecule has 0 radical (unpaired) electrons. The Morgan fingerprint density at radius 1 is 1.37 bits per heavy atom. The molecule has 0 aromatic heterocycles. The Hall–Kier alpha value is -2.08. The van der Waals surface area contributed by atoms with Crippen LogP contribution < -0.4 is 15.8 Å². The van der Waals surface area contributed by atoms with Crippen molar-refractivity contribution < 1.29 is 19.4 Å². The van der Waals surface area contributed by atoms with E-state index in [1.165, 1.54) is 0 Å². The van der Waals surface area contributed by atoms with E-state index in [-0.39, 0.29) is 12.6 Å². The SMILES string of the molecule is C[C@H](COc1ccccc1)NC(=O)[C@H](N)CC(=O)O. The second-order valence-electron chi connectivity index (χ2n) is 4.24. The summed E-state index contributed by atoms with van der Waals surface area (Å²) in [6.45, 7) is 2.05. The number of nitrogens with two attached hydrogens (primary N) is 1. The van der Waals surface area contributed by atoms with Crippen molar-refractivity contribution in [1.82, 2.24) is 5.32 Å². The summed E-state index contributed by atoms with van der Waals surface area (Å²) in [5, 5.41) is 11.1. The van der Waals surface area contributed by atoms with E-state index in [4.69, 9.17) is 15.6 Å². The molecule has 0 fully saturated rings. The predicted molar refractivity (Wildman–Crippen MR) is 69.8 cm³/mol. The Morgan fingerprint density at radius 2 is 2.00 bits per heavy atom. The van der Waals surface area contributed by atoms with Gasteiger partial charge in [-0.05, 0) is 19.1 Å². The van der Waals surface area contributed by atoms with Crippen molar-refractivity contribution in [2.75, 3.05) is 6.61 Å². The molecule has 4 N–H and O–H groups in total. The number of hydrogen-bond donors (Lipinski definition) is 3. The van der Waals surface area contributed by atoms with Gasteiger partial charge in [0.05, 0.1) is 18.5 Å². The highest BCUT2D eigenvalue weighted by molar-refractivity contribution is 5.86. The molecule has 2 atom stereocenters. The lowest BCUT2D eigenvalue weighted by Crippen LogP contribution is -2.47. The molecule has 1 amide bonds. The second kappa shape index (κ2) is 7.38. The molecule has 0 aliphatic heterocycles. The molecular weight excluding hydrogens is 248 g/mol. The van der Waals surface area contributed by atoms with Crippen LogP contribution in [0.1, 0.15) is 13.3 Å². The van der Waals surface area contributed by atoms with Crippen molar-refractivity contribution >= 4 is 11.9 Å². The number of nitrogens with one attached hydrogen (secondary N) is 1. The van der Waals surface area contributed by atoms with Crippen LogP contribution in [0.3, 0.4) is 0 Å². The summed E-state index contributed by atoms with van der Waals surface area (Å²) in [5.41, 5.74) is 5.44. The maximum absolute atomic E-state index is 11.5. The van der Waals surface area contributed by atoms with E-state index in [0.29, 0.717) is 5.75 Å². The van der Waals surface area contributed by atoms with Gasteiger partial charge < -0.3 is 20.9 Å². The molecule has 6 nitrogen and oxygen atoms in total. The third-order valence-corrected chi connectivity index (χ3v) is 2.36. The van der Waals surface area contributed by atoms with Gasteiger partial charge in [-0.2, -0.15) is 0 Å². The van der Waals surface area contributed by atoms with Gasteiger partial charge in [0.25, 0.3) is 0 Å². The fourth-order valence-corrected chi connectivity index (χ4v) is 1.41. The highest BCUT2D eigenvalue weighted by atomic mass is 16.5. The smallest absolute Gasteiger partial charge is 0.305 e. The fraction of sp³-hybridized carbons (Fsp3) is 0.385. The summed E-state index contributed by atoms with van der Waals surface area (Å²) < 4.78 is 5.46. The average molecular weight is 266 g/mol. The number of ether oxygens (including phenoxy) is 1. The van der Waals surface area contributed by atoms with Crippen molar-refractivity contribution in [2.24, 2.45) is 5.73 Å². The Labute approximate surface area is 111 Å². The van der Waals surface area contributed by atoms with Gasteiger partial charge in [0.1, 0.15) is 12.4 Å². The molecule has 0 spiro atoms. The summed E-state index contributed by atoms with van der Waals surface area (Å²) in [5.74, 6) is -0.888. The molecule has 1 aromatic rings. The number of carboxylic acid groups (broad SMARTS) is 1. The first kappa shape index (κ1) is 15.0. The van der Waals surface area contributed by atoms with Gasteiger partial charge in [0, 0.05) is 0 Å². The number of carbonyl (C=O) groups excluding carboxylic acids is 1. The summed E-state index contributed by atoms with van der Waals surface area (Å²) in [4.78, 5) is 22.0. The third kappa shape index (κ3) is 5.87. The molecule has 1 aromatic carbocycles. The van der Waals surface area contributed by atoms with Gasteiger partial charge in [-0.1, -0.05) is 18.2 Å². The van der Waals surface area contributed by atoms with Gasteiger partial charge in [0.15, 0.2) is 0 Å². The molecule has 1 rings (SSSR count). The van der Waals surface area contributed by atoms with Crippen LogP contribution in [0.15, 0.2) is 30.3 Å². The maximum Gasteiger partial charge on any atom is 0.305 e. The molecular formula is C13H18N2O4. The Bertz CT molecular complexity index is 422. The number of para-hydroxylation sites is 1. The molecule has 19 heavy (non-hydrogen) atoms. The number of carbonyl (C=O) groups is 2. The first-order valence-electron chi connectivity index (χ1n) is 5.94. The highest BCUT2D eigenvalue weighted by Crippen LogP contribution is 2.08. The van der Waals surface area contributed by atoms with E-state index in [1.807, 2.05) is 30.3 Å². The number of hydrogen-bond acceptors (Lipinski definition) is 4. The van der Waals surface area contributed by atoms with E-state index in [9.17, 15) is 9.59 Å². The number of amides is 1. The first-order chi connectivity index (χ1) is 8.99. The zero-order valence-electron chi connectivity index (χ0n) is 10.7. The van der Waals surface area contributed by atoms with E-state index in [0.717, 1.165) is 0 Å². The lowest BCUT2D eigenvalue weighted by atomic mass is 10.2. The average Bonchev–Trinajstić information content (AvgIpc) is 2.36. The van der Waals surface area contributed by atoms with E-state index < -0.39 is 24.3 Å². The summed E-state index contributed by atoms with van der Waals surface area (Å²) in [6, 6.07) is 7.89. The molecule has 0 bridgehead atoms. The zero-order valence-corrected chi connectivity index (χ0v) is 10.7. The molecule has 6 heteroatoms. The normalized spacial score (nSPS) is 13.4. The lowest BCUT2D eigenvalue weighted by molar-refractivity contribution is -0.139. The predicted octanol–water partition coefficient (Wildman–Crippen LogP) is 0.372. The maximum atomic E-state index is 11.5. The number of aliphatic carboxylic acids is 1. The summed E-state index contributed by atoms with van der Waals surface area (Å²) in [6.07, 6.45) is -0.391. The van der Waals surface area contributed by atoms with Crippen molar-refractivity contribution in [3.05, 3.63) is 30.3 Å². The van der Waals surface area contributed by atoms with Crippen LogP contribution in [0.5, 0.6) is 5.75 Å². The van der Waals surface area contributed by atoms with Crippen molar-refractivity contribution in [1.29, 1.82) is 0 Å². The topological polar surface area (TPSA) is 102 Å². The van der Waals surface area contributed by atoms with E-state index in [1.54, 1.807) is 6.92 Å². The summed E-state index contributed by atoms with van der Waals surface area (Å²) >= 11 is 0. The Morgan fingerprint density at radius 3 is 2.58 bits per heavy atom. The zero-order chi connectivity index (χ0) is 14.3. The minimum atomic E-state index is -1.10. The van der Waals surface area contributed by atoms with Crippen molar-refractivity contribution in [3.8, 4) is 5.75 Å². The third-order valence-electron chi connectivity index (χ3n) is 2.36. The first-order valence-corrected chi connectivity index (χ1v) is 5.94. The summed E-state index contributed by atoms with van der Waals surface area (Å²) in [7, 11) is 0. The molecule has 104 valence electrons. The van der Waals surface area contributed by atoms with Gasteiger partial charge in [0.2, 0.25) is 5.91 Å². The largest absolute Gasteiger partial charge is 0.491 e. The number of benzene rings is 1. The standard InChI is InChI=1S/C13H18N2O4/c1-9(8-19-10-5-3-2-4-6-10)15-13(18)11(14)7-12(16)17/h2-6,9,11H,7-8,14H2,1H3,(H,15,18)(H,16,17)/t9-,11-/m1/s1. The monoisotopic (exact) mass is 266 g/mol. The highest BCUT2D eigenvalue weighted by Gasteiger charge is 2.18. The quantitative estimate of drug-likeness (QED) is 0.662. The van der Waals surface area contributed by atoms with Crippen LogP contribution in [0.4, 0.5) is 0 Å². The molecule has 0 heterocycles. The van der Waals surface area contributed by atoms with Gasteiger partial charge >= 0.3 is 5.97 Å². The second-order valence-corrected chi connectivity index (χ2v) is 4.24. The van der Waals surface area contributed by atoms with Crippen LogP contribution in [-0.2, 0) is 9.59 Å². The molecule has 0 aliphatic rings. The van der Waals surface area contributed by atoms with Crippen molar-refractivity contribution in [3.63, 3.8) is 0 Å². The Kier molecular flexibility index (Phi) is 5.81. The van der Waals surface area contributed by atoms with Crippen LogP contribution in [0, 0.1) is 0 Å². The molecule has 0 unspecified atom stereocenters. The number of carboxylic acids is 1. The van der Waals surface area contributed by atoms with Crippen molar-refractivity contribution in [2.45, 2.75) is 25.4 Å².